The minimum Gasteiger partial charge on any atom is -0.327 e. The Labute approximate surface area is 151 Å². The van der Waals surface area contributed by atoms with E-state index in [4.69, 9.17) is 0 Å². The van der Waals surface area contributed by atoms with Gasteiger partial charge in [-0.25, -0.2) is 13.6 Å². The molecule has 2 aromatic carbocycles. The Balaban J connectivity index is 2.24. The Bertz CT molecular complexity index is 883. The van der Waals surface area contributed by atoms with Crippen molar-refractivity contribution in [3.05, 3.63) is 83.1 Å². The van der Waals surface area contributed by atoms with Gasteiger partial charge in [0.05, 0.1) is 11.6 Å². The summed E-state index contributed by atoms with van der Waals surface area (Å²) in [6.07, 6.45) is -4.10. The van der Waals surface area contributed by atoms with Crippen LogP contribution in [0.25, 0.3) is 0 Å². The van der Waals surface area contributed by atoms with Gasteiger partial charge in [-0.2, -0.15) is 8.78 Å². The molecule has 4 nitrogen and oxygen atoms in total. The molecule has 0 aliphatic carbocycles. The number of benzene rings is 2. The number of carbonyl (C=O) groups excluding carboxylic acids is 2. The fourth-order valence-electron chi connectivity index (χ4n) is 2.82. The molecule has 0 fully saturated rings. The number of carbonyl (C=O) groups is 2. The number of nitrogens with one attached hydrogen (secondary N) is 2. The predicted octanol–water partition coefficient (Wildman–Crippen LogP) is 4.08. The predicted molar refractivity (Wildman–Crippen MR) is 89.6 cm³/mol. The summed E-state index contributed by atoms with van der Waals surface area (Å²) < 4.78 is 54.5. The summed E-state index contributed by atoms with van der Waals surface area (Å²) in [7, 11) is 0. The molecule has 1 atom stereocenters. The number of ketones is 1. The van der Waals surface area contributed by atoms with Crippen molar-refractivity contribution in [2.75, 3.05) is 0 Å². The first-order valence-corrected chi connectivity index (χ1v) is 7.95. The molecule has 0 saturated heterocycles. The van der Waals surface area contributed by atoms with E-state index in [9.17, 15) is 27.2 Å². The molecule has 140 valence electrons. The summed E-state index contributed by atoms with van der Waals surface area (Å²) in [6.45, 7) is 0. The van der Waals surface area contributed by atoms with Crippen molar-refractivity contribution in [1.29, 1.82) is 0 Å². The van der Waals surface area contributed by atoms with Crippen LogP contribution in [0.5, 0.6) is 0 Å². The molecule has 27 heavy (non-hydrogen) atoms. The molecule has 2 aromatic rings. The first-order chi connectivity index (χ1) is 12.8. The molecule has 2 N–H and O–H groups in total. The molecule has 0 bridgehead atoms. The van der Waals surface area contributed by atoms with Crippen molar-refractivity contribution >= 4 is 11.8 Å². The summed E-state index contributed by atoms with van der Waals surface area (Å²) in [6, 6.07) is 12.9. The standard InChI is InChI=1S/C19H14F4N2O2/c20-17(21)19(22,23)16-13(15(26)12-9-5-2-6-10-12)14(24-18(27)25-16)11-7-3-1-4-8-11/h1-10,14,17H,(H2,24,25,27). The van der Waals surface area contributed by atoms with Crippen LogP contribution in [-0.2, 0) is 0 Å². The molecule has 0 saturated carbocycles. The second-order valence-corrected chi connectivity index (χ2v) is 5.85. The lowest BCUT2D eigenvalue weighted by molar-refractivity contribution is -0.103. The third-order valence-corrected chi connectivity index (χ3v) is 4.09. The molecule has 1 heterocycles. The molecular formula is C19H14F4N2O2. The Morgan fingerprint density at radius 3 is 2.07 bits per heavy atom. The van der Waals surface area contributed by atoms with Crippen molar-refractivity contribution in [1.82, 2.24) is 10.6 Å². The number of amides is 2. The second-order valence-electron chi connectivity index (χ2n) is 5.85. The molecule has 1 aliphatic rings. The Morgan fingerprint density at radius 2 is 1.52 bits per heavy atom. The third kappa shape index (κ3) is 3.55. The van der Waals surface area contributed by atoms with Gasteiger partial charge >= 0.3 is 18.4 Å². The van der Waals surface area contributed by atoms with E-state index in [1.165, 1.54) is 36.4 Å². The lowest BCUT2D eigenvalue weighted by atomic mass is 9.88. The van der Waals surface area contributed by atoms with E-state index in [0.717, 1.165) is 0 Å². The number of allylic oxidation sites excluding steroid dienone is 1. The number of urea groups is 1. The highest BCUT2D eigenvalue weighted by Gasteiger charge is 2.51. The summed E-state index contributed by atoms with van der Waals surface area (Å²) in [4.78, 5) is 24.8. The van der Waals surface area contributed by atoms with Crippen molar-refractivity contribution in [2.24, 2.45) is 0 Å². The van der Waals surface area contributed by atoms with Crippen LogP contribution in [0.2, 0.25) is 0 Å². The number of hydrogen-bond donors (Lipinski definition) is 2. The maximum absolute atomic E-state index is 14.2. The molecule has 2 amide bonds. The number of Topliss-reactive ketones (excluding diaryl/α,β-unsaturated/α-hetero) is 1. The highest BCUT2D eigenvalue weighted by Crippen LogP contribution is 2.38. The van der Waals surface area contributed by atoms with Gasteiger partial charge in [0, 0.05) is 5.56 Å². The van der Waals surface area contributed by atoms with Crippen molar-refractivity contribution in [2.45, 2.75) is 18.4 Å². The van der Waals surface area contributed by atoms with Crippen molar-refractivity contribution in [3.8, 4) is 0 Å². The SMILES string of the molecule is O=C1NC(C(F)(F)C(F)F)=C(C(=O)c2ccccc2)C(c2ccccc2)N1. The summed E-state index contributed by atoms with van der Waals surface area (Å²) in [5.41, 5.74) is -1.66. The van der Waals surface area contributed by atoms with Crippen molar-refractivity contribution < 1.29 is 27.2 Å². The Morgan fingerprint density at radius 1 is 0.963 bits per heavy atom. The van der Waals surface area contributed by atoms with Crippen LogP contribution in [0.3, 0.4) is 0 Å². The average Bonchev–Trinajstić information content (AvgIpc) is 2.68. The summed E-state index contributed by atoms with van der Waals surface area (Å²) in [5.74, 6) is -5.59. The van der Waals surface area contributed by atoms with E-state index >= 15 is 0 Å². The molecule has 0 radical (unpaired) electrons. The fourth-order valence-corrected chi connectivity index (χ4v) is 2.82. The maximum atomic E-state index is 14.2. The zero-order valence-electron chi connectivity index (χ0n) is 13.8. The Kier molecular flexibility index (Phi) is 4.98. The van der Waals surface area contributed by atoms with E-state index < -0.39 is 41.5 Å². The molecule has 1 unspecified atom stereocenters. The van der Waals surface area contributed by atoms with E-state index in [-0.39, 0.29) is 5.56 Å². The molecule has 0 aromatic heterocycles. The van der Waals surface area contributed by atoms with Gasteiger partial charge in [-0.15, -0.1) is 0 Å². The van der Waals surface area contributed by atoms with Crippen molar-refractivity contribution in [3.63, 3.8) is 0 Å². The number of alkyl halides is 4. The lowest BCUT2D eigenvalue weighted by Crippen LogP contribution is -2.51. The van der Waals surface area contributed by atoms with Crippen LogP contribution < -0.4 is 10.6 Å². The van der Waals surface area contributed by atoms with Crippen LogP contribution in [0, 0.1) is 0 Å². The van der Waals surface area contributed by atoms with Gasteiger partial charge in [-0.05, 0) is 5.56 Å². The van der Waals surface area contributed by atoms with Gasteiger partial charge in [0.1, 0.15) is 5.70 Å². The van der Waals surface area contributed by atoms with Crippen LogP contribution in [0.4, 0.5) is 22.4 Å². The van der Waals surface area contributed by atoms with Crippen LogP contribution in [0.15, 0.2) is 71.9 Å². The van der Waals surface area contributed by atoms with Gasteiger partial charge in [0.2, 0.25) is 0 Å². The maximum Gasteiger partial charge on any atom is 0.347 e. The monoisotopic (exact) mass is 378 g/mol. The van der Waals surface area contributed by atoms with Gasteiger partial charge < -0.3 is 10.6 Å². The van der Waals surface area contributed by atoms with Gasteiger partial charge in [0.25, 0.3) is 0 Å². The number of halogens is 4. The normalized spacial score (nSPS) is 17.5. The zero-order chi connectivity index (χ0) is 19.6. The molecule has 1 aliphatic heterocycles. The third-order valence-electron chi connectivity index (χ3n) is 4.09. The first-order valence-electron chi connectivity index (χ1n) is 7.95. The van der Waals surface area contributed by atoms with E-state index in [1.54, 1.807) is 29.6 Å². The van der Waals surface area contributed by atoms with Gasteiger partial charge in [-0.1, -0.05) is 60.7 Å². The largest absolute Gasteiger partial charge is 0.347 e. The Hall–Kier alpha value is -3.16. The summed E-state index contributed by atoms with van der Waals surface area (Å²) in [5, 5.41) is 4.08. The number of hydrogen-bond acceptors (Lipinski definition) is 2. The minimum absolute atomic E-state index is 0.0361. The van der Waals surface area contributed by atoms with Gasteiger partial charge in [-0.3, -0.25) is 4.79 Å². The lowest BCUT2D eigenvalue weighted by Gasteiger charge is -2.32. The fraction of sp³-hybridized carbons (Fsp3) is 0.158. The van der Waals surface area contributed by atoms with Crippen LogP contribution in [0.1, 0.15) is 22.0 Å². The average molecular weight is 378 g/mol. The zero-order valence-corrected chi connectivity index (χ0v) is 13.8. The molecule has 0 spiro atoms. The van der Waals surface area contributed by atoms with Crippen LogP contribution in [-0.4, -0.2) is 24.2 Å². The number of rotatable bonds is 5. The highest BCUT2D eigenvalue weighted by molar-refractivity contribution is 6.11. The minimum atomic E-state index is -4.70. The van der Waals surface area contributed by atoms with Crippen LogP contribution >= 0.6 is 0 Å². The first kappa shape index (κ1) is 18.6. The smallest absolute Gasteiger partial charge is 0.327 e. The second kappa shape index (κ2) is 7.22. The van der Waals surface area contributed by atoms with E-state index in [2.05, 4.69) is 5.32 Å². The highest BCUT2D eigenvalue weighted by atomic mass is 19.3. The molecule has 8 heteroatoms. The molecule has 3 rings (SSSR count). The topological polar surface area (TPSA) is 58.2 Å². The van der Waals surface area contributed by atoms with E-state index in [1.807, 2.05) is 0 Å². The van der Waals surface area contributed by atoms with Gasteiger partial charge in [0.15, 0.2) is 5.78 Å². The van der Waals surface area contributed by atoms with E-state index in [0.29, 0.717) is 5.56 Å². The summed E-state index contributed by atoms with van der Waals surface area (Å²) >= 11 is 0. The quantitative estimate of drug-likeness (QED) is 0.609. The molecular weight excluding hydrogens is 364 g/mol.